The van der Waals surface area contributed by atoms with Gasteiger partial charge in [-0.15, -0.1) is 0 Å². The average molecular weight is 559 g/mol. The van der Waals surface area contributed by atoms with Crippen molar-refractivity contribution in [1.29, 1.82) is 0 Å². The van der Waals surface area contributed by atoms with Crippen LogP contribution in [0.3, 0.4) is 0 Å². The van der Waals surface area contributed by atoms with Gasteiger partial charge in [0.25, 0.3) is 0 Å². The Bertz CT molecular complexity index is 1190. The number of fused-ring (bicyclic) bond motifs is 4. The van der Waals surface area contributed by atoms with E-state index < -0.39 is 7.92 Å². The highest BCUT2D eigenvalue weighted by Crippen LogP contribution is 2.71. The Morgan fingerprint density at radius 3 is 1.87 bits per heavy atom. The van der Waals surface area contributed by atoms with Crippen LogP contribution in [-0.2, 0) is 0 Å². The molecule has 4 bridgehead atoms. The smallest absolute Gasteiger partial charge is 0.137 e. The summed E-state index contributed by atoms with van der Waals surface area (Å²) in [6.07, 6.45) is 20.3. The minimum Gasteiger partial charge on any atom is -0.464 e. The Balaban J connectivity index is 1.15. The second kappa shape index (κ2) is 10.5. The van der Waals surface area contributed by atoms with Gasteiger partial charge in [-0.05, 0) is 139 Å². The first-order valence-corrected chi connectivity index (χ1v) is 18.9. The van der Waals surface area contributed by atoms with Crippen LogP contribution in [0.2, 0.25) is 0 Å². The zero-order chi connectivity index (χ0) is 25.9. The van der Waals surface area contributed by atoms with Crippen molar-refractivity contribution in [1.82, 2.24) is 0 Å². The average Bonchev–Trinajstić information content (AvgIpc) is 3.80. The van der Waals surface area contributed by atoms with Gasteiger partial charge < -0.3 is 8.83 Å². The van der Waals surface area contributed by atoms with Crippen molar-refractivity contribution >= 4 is 32.2 Å². The van der Waals surface area contributed by atoms with E-state index in [4.69, 9.17) is 8.83 Å². The van der Waals surface area contributed by atoms with Gasteiger partial charge in [-0.2, -0.15) is 0 Å². The molecule has 0 spiro atoms. The molecule has 5 fully saturated rings. The summed E-state index contributed by atoms with van der Waals surface area (Å²) in [5.41, 5.74) is 6.77. The molecule has 0 saturated heterocycles. The van der Waals surface area contributed by atoms with E-state index in [-0.39, 0.29) is 7.92 Å². The summed E-state index contributed by atoms with van der Waals surface area (Å²) >= 11 is 0. The molecule has 8 rings (SSSR count). The molecule has 39 heavy (non-hydrogen) atoms. The van der Waals surface area contributed by atoms with Crippen LogP contribution >= 0.6 is 15.8 Å². The molecule has 9 atom stereocenters. The third-order valence-corrected chi connectivity index (χ3v) is 18.3. The van der Waals surface area contributed by atoms with E-state index in [1.807, 2.05) is 24.7 Å². The summed E-state index contributed by atoms with van der Waals surface area (Å²) in [6.45, 7) is 2.76. The lowest BCUT2D eigenvalue weighted by Gasteiger charge is -2.45. The van der Waals surface area contributed by atoms with Gasteiger partial charge in [0.05, 0.1) is 20.4 Å². The molecule has 5 aliphatic rings. The molecular weight excluding hydrogens is 514 g/mol. The normalized spacial score (nSPS) is 36.8. The predicted octanol–water partition coefficient (Wildman–Crippen LogP) is 8.76. The molecule has 0 aliphatic heterocycles. The van der Waals surface area contributed by atoms with Gasteiger partial charge >= 0.3 is 0 Å². The van der Waals surface area contributed by atoms with E-state index in [2.05, 4.69) is 43.3 Å². The zero-order valence-corrected chi connectivity index (χ0v) is 25.2. The molecule has 2 aromatic heterocycles. The van der Waals surface area contributed by atoms with E-state index in [0.29, 0.717) is 5.92 Å². The van der Waals surface area contributed by atoms with Gasteiger partial charge in [0.2, 0.25) is 0 Å². The van der Waals surface area contributed by atoms with E-state index in [9.17, 15) is 0 Å². The van der Waals surface area contributed by atoms with Crippen molar-refractivity contribution < 1.29 is 8.83 Å². The van der Waals surface area contributed by atoms with Crippen molar-refractivity contribution in [2.75, 3.05) is 0 Å². The second-order valence-corrected chi connectivity index (χ2v) is 18.7. The van der Waals surface area contributed by atoms with Crippen LogP contribution in [0.15, 0.2) is 69.9 Å². The van der Waals surface area contributed by atoms with Gasteiger partial charge in [0.1, 0.15) is 11.0 Å². The molecule has 0 radical (unpaired) electrons. The lowest BCUT2D eigenvalue weighted by molar-refractivity contribution is 0.433. The SMILES string of the molecule is C[C@H](C1CCCC1c1ccccc1P(c1ccco1)c1ccco1)P(C1CC2CCC1C2)C1CC2CCC1C2. The predicted molar refractivity (Wildman–Crippen MR) is 165 cm³/mol. The van der Waals surface area contributed by atoms with Crippen molar-refractivity contribution in [3.63, 3.8) is 0 Å². The Morgan fingerprint density at radius 2 is 1.33 bits per heavy atom. The fourth-order valence-corrected chi connectivity index (χ4v) is 17.6. The molecule has 2 nitrogen and oxygen atoms in total. The fourth-order valence-electron chi connectivity index (χ4n) is 10.3. The summed E-state index contributed by atoms with van der Waals surface area (Å²) in [5, 5.41) is 1.46. The molecule has 5 saturated carbocycles. The first-order valence-electron chi connectivity index (χ1n) is 16.0. The van der Waals surface area contributed by atoms with E-state index in [1.165, 1.54) is 37.4 Å². The number of hydrogen-bond donors (Lipinski definition) is 0. The minimum atomic E-state index is -0.816. The molecule has 2 heterocycles. The zero-order valence-electron chi connectivity index (χ0n) is 23.5. The van der Waals surface area contributed by atoms with E-state index >= 15 is 0 Å². The molecule has 4 heteroatoms. The summed E-state index contributed by atoms with van der Waals surface area (Å²) in [5.74, 6) is 5.79. The van der Waals surface area contributed by atoms with Gasteiger partial charge in [-0.25, -0.2) is 0 Å². The summed E-state index contributed by atoms with van der Waals surface area (Å²) < 4.78 is 12.1. The fraction of sp³-hybridized carbons (Fsp3) is 0.600. The molecule has 206 valence electrons. The van der Waals surface area contributed by atoms with Crippen molar-refractivity contribution in [3.8, 4) is 0 Å². The summed E-state index contributed by atoms with van der Waals surface area (Å²) in [6, 6.07) is 17.8. The van der Waals surface area contributed by atoms with Crippen LogP contribution in [0.4, 0.5) is 0 Å². The lowest BCUT2D eigenvalue weighted by atomic mass is 9.87. The molecule has 8 unspecified atom stereocenters. The summed E-state index contributed by atoms with van der Waals surface area (Å²) in [7, 11) is -0.727. The third-order valence-electron chi connectivity index (χ3n) is 11.9. The quantitative estimate of drug-likeness (QED) is 0.258. The van der Waals surface area contributed by atoms with Crippen molar-refractivity contribution in [2.24, 2.45) is 29.6 Å². The topological polar surface area (TPSA) is 26.3 Å². The number of rotatable bonds is 8. The molecule has 5 aliphatic carbocycles. The van der Waals surface area contributed by atoms with Crippen LogP contribution < -0.4 is 16.3 Å². The maximum Gasteiger partial charge on any atom is 0.137 e. The Morgan fingerprint density at radius 1 is 0.692 bits per heavy atom. The van der Waals surface area contributed by atoms with Gasteiger partial charge in [0, 0.05) is 0 Å². The van der Waals surface area contributed by atoms with Crippen LogP contribution in [0.5, 0.6) is 0 Å². The van der Waals surface area contributed by atoms with Crippen molar-refractivity contribution in [2.45, 2.75) is 100 Å². The minimum absolute atomic E-state index is 0.0894. The van der Waals surface area contributed by atoms with Gasteiger partial charge in [0.15, 0.2) is 0 Å². The van der Waals surface area contributed by atoms with Crippen LogP contribution in [0.1, 0.15) is 89.0 Å². The highest BCUT2D eigenvalue weighted by atomic mass is 31.1. The van der Waals surface area contributed by atoms with E-state index in [0.717, 1.165) is 57.6 Å². The first kappa shape index (κ1) is 25.4. The maximum atomic E-state index is 6.07. The molecule has 1 aromatic carbocycles. The Kier molecular flexibility index (Phi) is 6.81. The largest absolute Gasteiger partial charge is 0.464 e. The number of hydrogen-bond acceptors (Lipinski definition) is 2. The van der Waals surface area contributed by atoms with Gasteiger partial charge in [-0.3, -0.25) is 0 Å². The standard InChI is InChI=1S/C35H44O2P2/c1-23(38(32-21-24-13-15-26(32)19-24)33-22-25-14-16-27(33)20-25)28-8-4-9-29(28)30-7-2-3-10-31(30)39(34-11-5-17-36-34)35-12-6-18-37-35/h2-3,5-7,10-12,17-18,23-29,32-33H,4,8-9,13-16,19-22H2,1H3/t23-,24?,25?,26?,27?,28?,29?,32?,33?,38?/m1/s1. The van der Waals surface area contributed by atoms with Crippen molar-refractivity contribution in [3.05, 3.63) is 66.6 Å². The van der Waals surface area contributed by atoms with E-state index in [1.54, 1.807) is 44.1 Å². The molecule has 0 N–H and O–H groups in total. The lowest BCUT2D eigenvalue weighted by Crippen LogP contribution is -2.34. The monoisotopic (exact) mass is 558 g/mol. The second-order valence-electron chi connectivity index (χ2n) is 13.7. The number of benzene rings is 1. The Labute approximate surface area is 237 Å². The third kappa shape index (κ3) is 4.43. The highest BCUT2D eigenvalue weighted by molar-refractivity contribution is 7.79. The summed E-state index contributed by atoms with van der Waals surface area (Å²) in [4.78, 5) is 0. The van der Waals surface area contributed by atoms with Crippen LogP contribution in [0.25, 0.3) is 0 Å². The first-order chi connectivity index (χ1) is 19.2. The Hall–Kier alpha value is -1.36. The molecule has 3 aromatic rings. The maximum absolute atomic E-state index is 6.07. The highest BCUT2D eigenvalue weighted by Gasteiger charge is 2.53. The molecule has 0 amide bonds. The van der Waals surface area contributed by atoms with Crippen LogP contribution in [0, 0.1) is 29.6 Å². The van der Waals surface area contributed by atoms with Crippen LogP contribution in [-0.4, -0.2) is 17.0 Å². The molecular formula is C35H44O2P2. The number of furan rings is 2. The van der Waals surface area contributed by atoms with Gasteiger partial charge in [-0.1, -0.05) is 58.4 Å².